The van der Waals surface area contributed by atoms with Crippen molar-refractivity contribution < 1.29 is 37.3 Å². The number of ether oxygens (including phenoxy) is 2. The summed E-state index contributed by atoms with van der Waals surface area (Å²) in [5.74, 6) is -3.62. The topological polar surface area (TPSA) is 85.7 Å². The molecule has 0 spiro atoms. The summed E-state index contributed by atoms with van der Waals surface area (Å²) in [5, 5.41) is 9.06. The monoisotopic (exact) mass is 321 g/mol. The smallest absolute Gasteiger partial charge is 0.434 e. The van der Waals surface area contributed by atoms with Crippen LogP contribution in [0.25, 0.3) is 0 Å². The van der Waals surface area contributed by atoms with E-state index in [0.717, 1.165) is 0 Å². The lowest BCUT2D eigenvalue weighted by Crippen LogP contribution is -2.22. The Kier molecular flexibility index (Phi) is 5.34. The Morgan fingerprint density at radius 2 is 1.95 bits per heavy atom. The van der Waals surface area contributed by atoms with Gasteiger partial charge in [-0.15, -0.1) is 0 Å². The Morgan fingerprint density at radius 3 is 2.36 bits per heavy atom. The van der Waals surface area contributed by atoms with Crippen LogP contribution in [0, 0.1) is 0 Å². The van der Waals surface area contributed by atoms with Crippen LogP contribution >= 0.6 is 0 Å². The molecule has 0 unspecified atom stereocenters. The van der Waals surface area contributed by atoms with Crippen molar-refractivity contribution in [3.63, 3.8) is 0 Å². The predicted molar refractivity (Wildman–Crippen MR) is 67.9 cm³/mol. The number of carbonyl (C=O) groups excluding carboxylic acids is 1. The number of carboxylic acid groups (broad SMARTS) is 1. The standard InChI is InChI=1S/C13H14F3NO5/c1-4-21-12(20)8-9(22-6(2)3)7(11(18)19)5-17-10(8)13(14,15)16/h5-6H,4H2,1-3H3,(H,18,19). The Hall–Kier alpha value is -2.32. The molecule has 9 heteroatoms. The van der Waals surface area contributed by atoms with Gasteiger partial charge >= 0.3 is 18.1 Å². The molecule has 0 fully saturated rings. The first-order valence-electron chi connectivity index (χ1n) is 6.26. The zero-order valence-electron chi connectivity index (χ0n) is 12.0. The van der Waals surface area contributed by atoms with Crippen LogP contribution in [0.3, 0.4) is 0 Å². The summed E-state index contributed by atoms with van der Waals surface area (Å²) < 4.78 is 48.8. The van der Waals surface area contributed by atoms with E-state index in [9.17, 15) is 22.8 Å². The molecule has 0 radical (unpaired) electrons. The van der Waals surface area contributed by atoms with Gasteiger partial charge < -0.3 is 14.6 Å². The van der Waals surface area contributed by atoms with Crippen molar-refractivity contribution in [2.75, 3.05) is 6.61 Å². The van der Waals surface area contributed by atoms with Gasteiger partial charge in [0.25, 0.3) is 0 Å². The number of rotatable bonds is 5. The minimum atomic E-state index is -4.96. The van der Waals surface area contributed by atoms with E-state index in [2.05, 4.69) is 9.72 Å². The first-order chi connectivity index (χ1) is 10.1. The lowest BCUT2D eigenvalue weighted by Gasteiger charge is -2.19. The van der Waals surface area contributed by atoms with Crippen molar-refractivity contribution in [2.45, 2.75) is 33.1 Å². The summed E-state index contributed by atoms with van der Waals surface area (Å²) in [5.41, 5.74) is -3.24. The summed E-state index contributed by atoms with van der Waals surface area (Å²) in [7, 11) is 0. The number of carbonyl (C=O) groups is 2. The number of pyridine rings is 1. The second-order valence-electron chi connectivity index (χ2n) is 4.41. The number of esters is 1. The Bertz CT molecular complexity index is 584. The van der Waals surface area contributed by atoms with Crippen LogP contribution in [0.1, 0.15) is 47.2 Å². The van der Waals surface area contributed by atoms with E-state index in [0.29, 0.717) is 6.20 Å². The van der Waals surface area contributed by atoms with Gasteiger partial charge in [-0.05, 0) is 20.8 Å². The van der Waals surface area contributed by atoms with E-state index < -0.39 is 46.8 Å². The van der Waals surface area contributed by atoms with Gasteiger partial charge in [0.2, 0.25) is 0 Å². The Balaban J connectivity index is 3.69. The fraction of sp³-hybridized carbons (Fsp3) is 0.462. The highest BCUT2D eigenvalue weighted by atomic mass is 19.4. The first-order valence-corrected chi connectivity index (χ1v) is 6.26. The highest BCUT2D eigenvalue weighted by molar-refractivity contribution is 6.00. The number of halogens is 3. The van der Waals surface area contributed by atoms with E-state index >= 15 is 0 Å². The fourth-order valence-electron chi connectivity index (χ4n) is 1.61. The van der Waals surface area contributed by atoms with Crippen LogP contribution in [0.5, 0.6) is 5.75 Å². The third kappa shape index (κ3) is 3.86. The minimum Gasteiger partial charge on any atom is -0.489 e. The van der Waals surface area contributed by atoms with Crippen molar-refractivity contribution in [2.24, 2.45) is 0 Å². The second kappa shape index (κ2) is 6.63. The van der Waals surface area contributed by atoms with Crippen LogP contribution in [0.4, 0.5) is 13.2 Å². The molecule has 0 amide bonds. The fourth-order valence-corrected chi connectivity index (χ4v) is 1.61. The molecule has 1 aromatic heterocycles. The number of aromatic nitrogens is 1. The van der Waals surface area contributed by atoms with Crippen molar-refractivity contribution >= 4 is 11.9 Å². The quantitative estimate of drug-likeness (QED) is 0.839. The molecule has 1 N–H and O–H groups in total. The van der Waals surface area contributed by atoms with Crippen molar-refractivity contribution in [3.8, 4) is 5.75 Å². The summed E-state index contributed by atoms with van der Waals surface area (Å²) >= 11 is 0. The molecule has 0 saturated heterocycles. The third-order valence-electron chi connectivity index (χ3n) is 2.36. The molecular formula is C13H14F3NO5. The van der Waals surface area contributed by atoms with Gasteiger partial charge in [-0.1, -0.05) is 0 Å². The highest BCUT2D eigenvalue weighted by Crippen LogP contribution is 2.37. The van der Waals surface area contributed by atoms with E-state index in [4.69, 9.17) is 9.84 Å². The maximum atomic E-state index is 13.0. The van der Waals surface area contributed by atoms with E-state index in [1.165, 1.54) is 20.8 Å². The molecular weight excluding hydrogens is 307 g/mol. The predicted octanol–water partition coefficient (Wildman–Crippen LogP) is 2.76. The molecule has 0 aliphatic rings. The van der Waals surface area contributed by atoms with Gasteiger partial charge in [0.15, 0.2) is 11.4 Å². The zero-order valence-corrected chi connectivity index (χ0v) is 12.0. The van der Waals surface area contributed by atoms with Crippen molar-refractivity contribution in [1.82, 2.24) is 4.98 Å². The third-order valence-corrected chi connectivity index (χ3v) is 2.36. The van der Waals surface area contributed by atoms with Gasteiger partial charge in [-0.3, -0.25) is 0 Å². The van der Waals surface area contributed by atoms with Crippen LogP contribution < -0.4 is 4.74 Å². The lowest BCUT2D eigenvalue weighted by molar-refractivity contribution is -0.141. The maximum Gasteiger partial charge on any atom is 0.434 e. The minimum absolute atomic E-state index is 0.186. The van der Waals surface area contributed by atoms with Gasteiger partial charge in [-0.2, -0.15) is 13.2 Å². The molecule has 6 nitrogen and oxygen atoms in total. The summed E-state index contributed by atoms with van der Waals surface area (Å²) in [4.78, 5) is 26.1. The Morgan fingerprint density at radius 1 is 1.36 bits per heavy atom. The molecule has 1 aromatic rings. The Labute approximate surface area is 123 Å². The number of carboxylic acids is 1. The largest absolute Gasteiger partial charge is 0.489 e. The molecule has 0 bridgehead atoms. The molecule has 1 rings (SSSR count). The molecule has 122 valence electrons. The second-order valence-corrected chi connectivity index (χ2v) is 4.41. The number of aromatic carboxylic acids is 1. The first kappa shape index (κ1) is 17.7. The normalized spacial score (nSPS) is 11.4. The van der Waals surface area contributed by atoms with E-state index in [1.807, 2.05) is 0 Å². The molecule has 0 aliphatic heterocycles. The van der Waals surface area contributed by atoms with Gasteiger partial charge in [-0.25, -0.2) is 14.6 Å². The average molecular weight is 321 g/mol. The highest BCUT2D eigenvalue weighted by Gasteiger charge is 2.41. The molecule has 1 heterocycles. The zero-order chi connectivity index (χ0) is 17.1. The van der Waals surface area contributed by atoms with Crippen LogP contribution in [-0.2, 0) is 10.9 Å². The van der Waals surface area contributed by atoms with Gasteiger partial charge in [0, 0.05) is 6.20 Å². The van der Waals surface area contributed by atoms with Gasteiger partial charge in [0.1, 0.15) is 11.1 Å². The molecule has 0 aliphatic carbocycles. The van der Waals surface area contributed by atoms with Crippen LogP contribution in [-0.4, -0.2) is 34.7 Å². The van der Waals surface area contributed by atoms with E-state index in [1.54, 1.807) is 0 Å². The number of hydrogen-bond acceptors (Lipinski definition) is 5. The average Bonchev–Trinajstić information content (AvgIpc) is 2.36. The molecule has 0 saturated carbocycles. The van der Waals surface area contributed by atoms with Crippen LogP contribution in [0.2, 0.25) is 0 Å². The van der Waals surface area contributed by atoms with Crippen LogP contribution in [0.15, 0.2) is 6.20 Å². The van der Waals surface area contributed by atoms with Crippen molar-refractivity contribution in [1.29, 1.82) is 0 Å². The summed E-state index contributed by atoms with van der Waals surface area (Å²) in [6.45, 7) is 4.18. The number of alkyl halides is 3. The molecule has 22 heavy (non-hydrogen) atoms. The van der Waals surface area contributed by atoms with Crippen molar-refractivity contribution in [3.05, 3.63) is 23.0 Å². The summed E-state index contributed by atoms with van der Waals surface area (Å²) in [6.07, 6.45) is -5.12. The van der Waals surface area contributed by atoms with Gasteiger partial charge in [0.05, 0.1) is 12.7 Å². The number of hydrogen-bond donors (Lipinski definition) is 1. The molecule has 0 aromatic carbocycles. The molecule has 0 atom stereocenters. The SMILES string of the molecule is CCOC(=O)c1c(C(F)(F)F)ncc(C(=O)O)c1OC(C)C. The van der Waals surface area contributed by atoms with E-state index in [-0.39, 0.29) is 6.61 Å². The maximum absolute atomic E-state index is 13.0. The summed E-state index contributed by atoms with van der Waals surface area (Å²) in [6, 6.07) is 0. The lowest BCUT2D eigenvalue weighted by atomic mass is 10.1. The number of nitrogens with zero attached hydrogens (tertiary/aromatic N) is 1.